The van der Waals surface area contributed by atoms with Gasteiger partial charge < -0.3 is 66.9 Å². The largest absolute Gasteiger partial charge is 0.586 e. The zero-order valence-electron chi connectivity index (χ0n) is 54.8. The molecular formula is C66H94F3N13O11. The van der Waals surface area contributed by atoms with E-state index in [4.69, 9.17) is 14.9 Å². The Labute approximate surface area is 541 Å². The van der Waals surface area contributed by atoms with Crippen LogP contribution in [0.25, 0.3) is 5.65 Å². The number of anilines is 1. The van der Waals surface area contributed by atoms with Crippen LogP contribution < -0.4 is 57.7 Å². The number of alkyl carbamates (subject to hydrolysis) is 1. The zero-order valence-corrected chi connectivity index (χ0v) is 54.8. The summed E-state index contributed by atoms with van der Waals surface area (Å²) in [7, 11) is 1.84. The first-order valence-electron chi connectivity index (χ1n) is 32.1. The molecule has 0 radical (unpaired) electrons. The number of likely N-dealkylation sites (N-methyl/N-ethyl adjacent to an activating group) is 1. The average molecular weight is 1300 g/mol. The number of carbonyl (C=O) groups excluding carboxylic acids is 7. The van der Waals surface area contributed by atoms with Crippen LogP contribution in [0.3, 0.4) is 0 Å². The van der Waals surface area contributed by atoms with Crippen molar-refractivity contribution < 1.29 is 65.4 Å². The van der Waals surface area contributed by atoms with Gasteiger partial charge in [-0.3, -0.25) is 33.3 Å². The summed E-state index contributed by atoms with van der Waals surface area (Å²) in [6.07, 6.45) is 13.2. The first-order chi connectivity index (χ1) is 44.3. The lowest BCUT2D eigenvalue weighted by Gasteiger charge is -2.59. The van der Waals surface area contributed by atoms with Gasteiger partial charge in [0.2, 0.25) is 23.6 Å². The molecule has 1 spiro atoms. The van der Waals surface area contributed by atoms with E-state index in [1.807, 2.05) is 74.5 Å². The van der Waals surface area contributed by atoms with Crippen LogP contribution in [0.1, 0.15) is 142 Å². The van der Waals surface area contributed by atoms with E-state index >= 15 is 0 Å². The number of carbonyl (C=O) groups is 7. The number of hydrogen-bond donors (Lipinski definition) is 9. The van der Waals surface area contributed by atoms with Crippen molar-refractivity contribution in [3.63, 3.8) is 0 Å². The maximum absolute atomic E-state index is 13.4. The molecule has 5 aromatic rings. The lowest BCUT2D eigenvalue weighted by atomic mass is 9.51. The first-order valence-corrected chi connectivity index (χ1v) is 32.1. The van der Waals surface area contributed by atoms with Crippen molar-refractivity contribution in [2.45, 2.75) is 163 Å². The van der Waals surface area contributed by atoms with E-state index in [1.54, 1.807) is 31.2 Å². The van der Waals surface area contributed by atoms with E-state index in [0.717, 1.165) is 42.2 Å². The molecule has 4 aliphatic carbocycles. The Kier molecular flexibility index (Phi) is 27.7. The number of alkyl halides is 2. The molecule has 10 N–H and O–H groups in total. The van der Waals surface area contributed by atoms with Gasteiger partial charge in [0.05, 0.1) is 26.0 Å². The number of pyridine rings is 1. The zero-order chi connectivity index (χ0) is 67.9. The number of urea groups is 1. The second-order valence-electron chi connectivity index (χ2n) is 24.8. The molecule has 0 saturated heterocycles. The van der Waals surface area contributed by atoms with Gasteiger partial charge in [-0.25, -0.2) is 14.0 Å². The summed E-state index contributed by atoms with van der Waals surface area (Å²) in [5, 5.41) is 30.2. The van der Waals surface area contributed by atoms with Crippen LogP contribution in [-0.2, 0) is 36.9 Å². The number of nitrogens with one attached hydrogen (secondary N) is 8. The number of ether oxygens (including phenoxy) is 3. The Morgan fingerprint density at radius 2 is 1.46 bits per heavy atom. The minimum Gasteiger partial charge on any atom is -0.459 e. The summed E-state index contributed by atoms with van der Waals surface area (Å²) in [5.74, 6) is 1.99. The lowest BCUT2D eigenvalue weighted by Crippen LogP contribution is -2.68. The summed E-state index contributed by atoms with van der Waals surface area (Å²) in [6, 6.07) is 17.3. The third kappa shape index (κ3) is 21.6. The number of benzene rings is 2. The molecule has 510 valence electrons. The summed E-state index contributed by atoms with van der Waals surface area (Å²) in [6.45, 7) is 17.6. The predicted molar refractivity (Wildman–Crippen MR) is 343 cm³/mol. The van der Waals surface area contributed by atoms with Crippen molar-refractivity contribution in [1.82, 2.24) is 56.7 Å². The monoisotopic (exact) mass is 1300 g/mol. The molecular weight excluding hydrogens is 1210 g/mol. The van der Waals surface area contributed by atoms with Crippen molar-refractivity contribution in [1.29, 1.82) is 0 Å². The number of fused-ring (bicyclic) bond motifs is 4. The van der Waals surface area contributed by atoms with Gasteiger partial charge in [-0.1, -0.05) is 77.6 Å². The summed E-state index contributed by atoms with van der Waals surface area (Å²) >= 11 is 0. The van der Waals surface area contributed by atoms with Crippen LogP contribution in [0.5, 0.6) is 11.5 Å². The van der Waals surface area contributed by atoms with Gasteiger partial charge in [0.25, 0.3) is 5.91 Å². The van der Waals surface area contributed by atoms with E-state index in [9.17, 15) is 46.7 Å². The van der Waals surface area contributed by atoms with Gasteiger partial charge in [0, 0.05) is 67.7 Å². The number of furan rings is 1. The van der Waals surface area contributed by atoms with Crippen LogP contribution in [0.15, 0.2) is 89.7 Å². The van der Waals surface area contributed by atoms with E-state index in [-0.39, 0.29) is 96.1 Å². The number of halogens is 3. The van der Waals surface area contributed by atoms with Gasteiger partial charge in [0.15, 0.2) is 22.9 Å². The maximum Gasteiger partial charge on any atom is 0.586 e. The van der Waals surface area contributed by atoms with E-state index in [1.165, 1.54) is 102 Å². The fourth-order valence-corrected chi connectivity index (χ4v) is 12.8. The highest BCUT2D eigenvalue weighted by Gasteiger charge is 2.74. The molecule has 4 fully saturated rings. The summed E-state index contributed by atoms with van der Waals surface area (Å²) in [4.78, 5) is 83.7. The van der Waals surface area contributed by atoms with Crippen molar-refractivity contribution in [3.8, 4) is 11.5 Å². The Balaban J connectivity index is 0.000000191. The molecule has 4 heterocycles. The van der Waals surface area contributed by atoms with Crippen LogP contribution >= 0.6 is 0 Å². The fourth-order valence-electron chi connectivity index (χ4n) is 12.8. The molecule has 8 amide bonds. The van der Waals surface area contributed by atoms with Gasteiger partial charge in [-0.15, -0.1) is 19.0 Å². The second-order valence-corrected chi connectivity index (χ2v) is 24.8. The van der Waals surface area contributed by atoms with Crippen LogP contribution in [0.4, 0.5) is 28.4 Å². The Hall–Kier alpha value is -8.46. The van der Waals surface area contributed by atoms with Crippen molar-refractivity contribution in [2.75, 3.05) is 51.7 Å². The van der Waals surface area contributed by atoms with E-state index < -0.39 is 36.4 Å². The van der Waals surface area contributed by atoms with Crippen LogP contribution in [-0.4, -0.2) is 137 Å². The van der Waals surface area contributed by atoms with Gasteiger partial charge in [-0.2, -0.15) is 0 Å². The van der Waals surface area contributed by atoms with Crippen molar-refractivity contribution in [3.05, 3.63) is 108 Å². The SMILES string of the molecule is CC(C)NC(=O)CN(C)CC(=O)NC12CC3CC4CC(C1)C2(C4)C3.CC(NC(N)=O)C(=O)Nc1ccc2c(c1)OC(F)(F)O2.CCCCCC.CCOC(=O)NC(C(=O)NCCNC(=O)c1ccco1)C(C)C.Fc1ccccc1CNCCc1nnc2ccccn12. The number of primary amides is 1. The molecule has 4 saturated carbocycles. The number of rotatable bonds is 25. The van der Waals surface area contributed by atoms with E-state index in [0.29, 0.717) is 24.1 Å². The maximum atomic E-state index is 13.4. The Morgan fingerprint density at radius 1 is 0.763 bits per heavy atom. The van der Waals surface area contributed by atoms with Crippen molar-refractivity contribution in [2.24, 2.45) is 34.8 Å². The molecule has 1 aliphatic heterocycles. The Bertz CT molecular complexity index is 3250. The molecule has 7 atom stereocenters. The Morgan fingerprint density at radius 3 is 2.14 bits per heavy atom. The van der Waals surface area contributed by atoms with Crippen LogP contribution in [0.2, 0.25) is 0 Å². The third-order valence-corrected chi connectivity index (χ3v) is 16.7. The molecule has 3 bridgehead atoms. The number of aromatic nitrogens is 3. The third-order valence-electron chi connectivity index (χ3n) is 16.7. The molecule has 10 rings (SSSR count). The molecule has 27 heteroatoms. The minimum absolute atomic E-state index is 0.0175. The van der Waals surface area contributed by atoms with Gasteiger partial charge in [-0.05, 0) is 145 Å². The standard InChI is InChI=1S/C19H31N3O2.C15H15FN4.C15H23N3O5.C11H11F2N3O4.C6H14/c1-12(2)20-16(23)10-22(3)11-17(24)21-19-8-14-4-13-5-15(9-19)18(19,6-13)7-14;16-13-6-2-1-5-12(13)11-17-9-8-15-19-18-14-7-3-4-10-20(14)15;1-4-22-15(21)18-12(10(2)3)14(20)17-8-7-16-13(19)11-6-5-9-23-11;1-5(15-10(14)18)9(17)16-6-2-3-7-8(4-6)20-11(12,13)19-7;1-3-5-6-4-2/h12-15H,4-11H2,1-3H3,(H,20,23)(H,21,24);1-7,10,17H,8-9,11H2;5-6,9-10,12H,4,7-8H2,1-3H3,(H,16,19)(H,17,20)(H,18,21);2-5H,1H3,(H,16,17)(H3,14,15,18);3-6H2,1-2H3. The van der Waals surface area contributed by atoms with Gasteiger partial charge >= 0.3 is 18.4 Å². The minimum atomic E-state index is -3.72. The van der Waals surface area contributed by atoms with Crippen LogP contribution in [0, 0.1) is 34.9 Å². The van der Waals surface area contributed by atoms with Crippen molar-refractivity contribution >= 4 is 53.0 Å². The van der Waals surface area contributed by atoms with Gasteiger partial charge in [0.1, 0.15) is 23.7 Å². The molecule has 7 unspecified atom stereocenters. The molecule has 93 heavy (non-hydrogen) atoms. The number of hydrogen-bond acceptors (Lipinski definition) is 15. The number of unbranched alkanes of at least 4 members (excludes halogenated alkanes) is 3. The predicted octanol–water partition coefficient (Wildman–Crippen LogP) is 8.21. The normalized spacial score (nSPS) is 20.1. The van der Waals surface area contributed by atoms with E-state index in [2.05, 4.69) is 76.1 Å². The molecule has 24 nitrogen and oxygen atoms in total. The fraction of sp³-hybridized carbons (Fsp3) is 0.561. The lowest BCUT2D eigenvalue weighted by molar-refractivity contribution is -0.286. The number of nitrogens with zero attached hydrogens (tertiary/aromatic N) is 4. The second kappa shape index (κ2) is 35.0. The number of nitrogens with two attached hydrogens (primary N) is 1. The smallest absolute Gasteiger partial charge is 0.459 e. The number of amides is 8. The topological polar surface area (TPSA) is 316 Å². The molecule has 3 aromatic heterocycles. The average Bonchev–Trinajstić information content (AvgIpc) is 1.50. The highest BCUT2D eigenvalue weighted by molar-refractivity contribution is 5.97. The quantitative estimate of drug-likeness (QED) is 0.0249. The molecule has 2 aromatic carbocycles. The highest BCUT2D eigenvalue weighted by atomic mass is 19.3. The summed E-state index contributed by atoms with van der Waals surface area (Å²) in [5.41, 5.74) is 7.14. The summed E-state index contributed by atoms with van der Waals surface area (Å²) < 4.78 is 59.2. The molecule has 5 aliphatic rings. The first kappa shape index (κ1) is 73.6. The highest BCUT2D eigenvalue weighted by Crippen LogP contribution is 2.77.